The van der Waals surface area contributed by atoms with E-state index in [2.05, 4.69) is 10.3 Å². The van der Waals surface area contributed by atoms with Gasteiger partial charge in [0.15, 0.2) is 0 Å². The van der Waals surface area contributed by atoms with Crippen LogP contribution in [0.3, 0.4) is 0 Å². The first-order chi connectivity index (χ1) is 16.0. The van der Waals surface area contributed by atoms with Crippen LogP contribution >= 0.6 is 0 Å². The topological polar surface area (TPSA) is 106 Å². The molecule has 1 fully saturated rings. The van der Waals surface area contributed by atoms with Crippen molar-refractivity contribution in [1.29, 1.82) is 5.26 Å². The van der Waals surface area contributed by atoms with Crippen LogP contribution in [0.2, 0.25) is 0 Å². The maximum Gasteiger partial charge on any atom is 0.269 e. The minimum Gasteiger partial charge on any atom is -0.438 e. The third-order valence-corrected chi connectivity index (χ3v) is 5.66. The van der Waals surface area contributed by atoms with Crippen molar-refractivity contribution in [2.45, 2.75) is 32.8 Å². The Morgan fingerprint density at radius 3 is 2.94 bits per heavy atom. The largest absolute Gasteiger partial charge is 0.438 e. The van der Waals surface area contributed by atoms with Gasteiger partial charge in [0, 0.05) is 19.3 Å². The molecule has 2 aromatic heterocycles. The van der Waals surface area contributed by atoms with E-state index in [0.29, 0.717) is 24.5 Å². The number of aryl methyl sites for hydroxylation is 1. The number of benzene rings is 1. The number of fused-ring (bicyclic) bond motifs is 1. The molecule has 0 saturated carbocycles. The monoisotopic (exact) mass is 444 g/mol. The molecule has 0 aliphatic carbocycles. The van der Waals surface area contributed by atoms with E-state index in [-0.39, 0.29) is 23.1 Å². The number of aromatic nitrogens is 2. The molecule has 1 aliphatic rings. The highest BCUT2D eigenvalue weighted by Gasteiger charge is 2.20. The molecule has 1 unspecified atom stereocenters. The minimum atomic E-state index is -0.580. The van der Waals surface area contributed by atoms with E-state index in [1.807, 2.05) is 32.0 Å². The number of nitrogens with one attached hydrogen (secondary N) is 1. The van der Waals surface area contributed by atoms with Crippen molar-refractivity contribution < 1.29 is 14.3 Å². The summed E-state index contributed by atoms with van der Waals surface area (Å²) in [6.45, 7) is 4.84. The van der Waals surface area contributed by atoms with Gasteiger partial charge in [-0.15, -0.1) is 0 Å². The lowest BCUT2D eigenvalue weighted by molar-refractivity contribution is -0.117. The second kappa shape index (κ2) is 9.67. The van der Waals surface area contributed by atoms with E-state index in [0.717, 1.165) is 24.0 Å². The lowest BCUT2D eigenvalue weighted by Gasteiger charge is -2.13. The molecule has 33 heavy (non-hydrogen) atoms. The smallest absolute Gasteiger partial charge is 0.269 e. The SMILES string of the molecule is Cc1cccc(Oc2nc3ccccn3c(=O)c2C=C(C#N)C(=O)NCC2CCCO2)c1C. The molecule has 0 radical (unpaired) electrons. The second-order valence-electron chi connectivity index (χ2n) is 7.88. The van der Waals surface area contributed by atoms with Gasteiger partial charge in [0.05, 0.1) is 6.10 Å². The van der Waals surface area contributed by atoms with Crippen LogP contribution in [0.1, 0.15) is 29.5 Å². The lowest BCUT2D eigenvalue weighted by atomic mass is 10.1. The highest BCUT2D eigenvalue weighted by molar-refractivity contribution is 6.01. The molecule has 168 valence electrons. The molecule has 3 aromatic rings. The molecule has 4 rings (SSSR count). The van der Waals surface area contributed by atoms with Crippen LogP contribution in [-0.4, -0.2) is 34.5 Å². The van der Waals surface area contributed by atoms with E-state index >= 15 is 0 Å². The number of hydrogen-bond donors (Lipinski definition) is 1. The summed E-state index contributed by atoms with van der Waals surface area (Å²) in [5.41, 5.74) is 1.67. The number of carbonyl (C=O) groups excluding carboxylic acids is 1. The van der Waals surface area contributed by atoms with Gasteiger partial charge >= 0.3 is 0 Å². The minimum absolute atomic E-state index is 0.0171. The standard InChI is InChI=1S/C25H24N4O4/c1-16-7-5-9-21(17(16)2)33-24-20(25(31)29-11-4-3-10-22(29)28-24)13-18(14-26)23(30)27-15-19-8-6-12-32-19/h3-5,7,9-11,13,19H,6,8,12,15H2,1-2H3,(H,27,30). The number of nitrogens with zero attached hydrogens (tertiary/aromatic N) is 3. The van der Waals surface area contributed by atoms with Crippen LogP contribution in [0.25, 0.3) is 11.7 Å². The third kappa shape index (κ3) is 4.78. The third-order valence-electron chi connectivity index (χ3n) is 5.66. The zero-order valence-electron chi connectivity index (χ0n) is 18.5. The van der Waals surface area contributed by atoms with Crippen molar-refractivity contribution in [1.82, 2.24) is 14.7 Å². The van der Waals surface area contributed by atoms with Crippen molar-refractivity contribution >= 4 is 17.6 Å². The van der Waals surface area contributed by atoms with Gasteiger partial charge < -0.3 is 14.8 Å². The molecular formula is C25H24N4O4. The maximum atomic E-state index is 13.3. The molecule has 8 heteroatoms. The molecule has 1 N–H and O–H groups in total. The molecule has 1 atom stereocenters. The average molecular weight is 444 g/mol. The van der Waals surface area contributed by atoms with Gasteiger partial charge in [-0.05, 0) is 62.1 Å². The van der Waals surface area contributed by atoms with Crippen molar-refractivity contribution in [2.24, 2.45) is 0 Å². The Morgan fingerprint density at radius 2 is 2.18 bits per heavy atom. The highest BCUT2D eigenvalue weighted by atomic mass is 16.5. The number of pyridine rings is 1. The van der Waals surface area contributed by atoms with E-state index in [9.17, 15) is 14.9 Å². The van der Waals surface area contributed by atoms with Crippen molar-refractivity contribution in [3.63, 3.8) is 0 Å². The van der Waals surface area contributed by atoms with E-state index in [1.54, 1.807) is 30.5 Å². The molecule has 0 bridgehead atoms. The van der Waals surface area contributed by atoms with Crippen molar-refractivity contribution in [3.8, 4) is 17.7 Å². The number of amides is 1. The molecule has 1 aromatic carbocycles. The van der Waals surface area contributed by atoms with Gasteiger partial charge in [0.25, 0.3) is 11.5 Å². The molecule has 3 heterocycles. The fraction of sp³-hybridized carbons (Fsp3) is 0.280. The van der Waals surface area contributed by atoms with Gasteiger partial charge in [-0.2, -0.15) is 10.2 Å². The van der Waals surface area contributed by atoms with Gasteiger partial charge in [-0.3, -0.25) is 14.0 Å². The second-order valence-corrected chi connectivity index (χ2v) is 7.88. The van der Waals surface area contributed by atoms with E-state index in [1.165, 1.54) is 10.5 Å². The molecule has 1 amide bonds. The number of carbonyl (C=O) groups is 1. The van der Waals surface area contributed by atoms with E-state index < -0.39 is 11.5 Å². The van der Waals surface area contributed by atoms with Crippen molar-refractivity contribution in [3.05, 3.63) is 75.2 Å². The first kappa shape index (κ1) is 22.2. The Balaban J connectivity index is 1.75. The summed E-state index contributed by atoms with van der Waals surface area (Å²) in [6, 6.07) is 12.6. The number of nitriles is 1. The summed E-state index contributed by atoms with van der Waals surface area (Å²) in [5.74, 6) is -0.0130. The van der Waals surface area contributed by atoms with Crippen LogP contribution in [0.5, 0.6) is 11.6 Å². The van der Waals surface area contributed by atoms with Gasteiger partial charge in [-0.25, -0.2) is 0 Å². The Kier molecular flexibility index (Phi) is 6.52. The fourth-order valence-corrected chi connectivity index (χ4v) is 3.62. The summed E-state index contributed by atoms with van der Waals surface area (Å²) in [5, 5.41) is 12.3. The zero-order valence-corrected chi connectivity index (χ0v) is 18.5. The summed E-state index contributed by atoms with van der Waals surface area (Å²) in [7, 11) is 0. The summed E-state index contributed by atoms with van der Waals surface area (Å²) in [4.78, 5) is 30.4. The predicted molar refractivity (Wildman–Crippen MR) is 123 cm³/mol. The van der Waals surface area contributed by atoms with Crippen LogP contribution in [0.4, 0.5) is 0 Å². The first-order valence-electron chi connectivity index (χ1n) is 10.7. The van der Waals surface area contributed by atoms with Gasteiger partial charge in [0.1, 0.15) is 28.6 Å². The van der Waals surface area contributed by atoms with E-state index in [4.69, 9.17) is 9.47 Å². The summed E-state index contributed by atoms with van der Waals surface area (Å²) < 4.78 is 12.9. The van der Waals surface area contributed by atoms with Crippen LogP contribution in [-0.2, 0) is 9.53 Å². The number of hydrogen-bond acceptors (Lipinski definition) is 6. The zero-order chi connectivity index (χ0) is 23.4. The first-order valence-corrected chi connectivity index (χ1v) is 10.7. The summed E-state index contributed by atoms with van der Waals surface area (Å²) >= 11 is 0. The quantitative estimate of drug-likeness (QED) is 0.462. The Labute approximate surface area is 191 Å². The number of rotatable bonds is 6. The molecule has 1 saturated heterocycles. The fourth-order valence-electron chi connectivity index (χ4n) is 3.62. The predicted octanol–water partition coefficient (Wildman–Crippen LogP) is 3.31. The summed E-state index contributed by atoms with van der Waals surface area (Å²) in [6.07, 6.45) is 4.55. The lowest BCUT2D eigenvalue weighted by Crippen LogP contribution is -2.32. The molecular weight excluding hydrogens is 420 g/mol. The van der Waals surface area contributed by atoms with Gasteiger partial charge in [-0.1, -0.05) is 18.2 Å². The Bertz CT molecular complexity index is 1330. The molecule has 1 aliphatic heterocycles. The molecule has 8 nitrogen and oxygen atoms in total. The highest BCUT2D eigenvalue weighted by Crippen LogP contribution is 2.28. The van der Waals surface area contributed by atoms with Gasteiger partial charge in [0.2, 0.25) is 5.88 Å². The van der Waals surface area contributed by atoms with Crippen LogP contribution in [0.15, 0.2) is 53.0 Å². The maximum absolute atomic E-state index is 13.3. The molecule has 0 spiro atoms. The average Bonchev–Trinajstić information content (AvgIpc) is 3.34. The Hall–Kier alpha value is -3.96. The normalized spacial score (nSPS) is 15.9. The van der Waals surface area contributed by atoms with Crippen LogP contribution < -0.4 is 15.6 Å². The number of ether oxygens (including phenoxy) is 2. The van der Waals surface area contributed by atoms with Crippen molar-refractivity contribution in [2.75, 3.05) is 13.2 Å². The Morgan fingerprint density at radius 1 is 1.33 bits per heavy atom. The van der Waals surface area contributed by atoms with Crippen LogP contribution in [0, 0.1) is 25.2 Å².